The van der Waals surface area contributed by atoms with Crippen LogP contribution in [0.25, 0.3) is 0 Å². The van der Waals surface area contributed by atoms with E-state index in [0.717, 1.165) is 0 Å². The summed E-state index contributed by atoms with van der Waals surface area (Å²) in [6.07, 6.45) is -2.60. The number of hydrogen-bond acceptors (Lipinski definition) is 2. The van der Waals surface area contributed by atoms with Gasteiger partial charge < -0.3 is 5.32 Å². The molecular weight excluding hydrogens is 380 g/mol. The number of benzene rings is 1. The molecule has 1 aliphatic rings. The molecule has 1 heterocycles. The molecule has 0 aromatic heterocycles. The largest absolute Gasteiger partial charge is 0.314 e. The molecule has 1 aromatic carbocycles. The van der Waals surface area contributed by atoms with Gasteiger partial charge in [0, 0.05) is 36.2 Å². The van der Waals surface area contributed by atoms with Crippen LogP contribution in [0.15, 0.2) is 22.7 Å². The zero-order valence-corrected chi connectivity index (χ0v) is 13.7. The fraction of sp³-hybridized carbons (Fsp3) is 0.500. The van der Waals surface area contributed by atoms with Gasteiger partial charge in [0.25, 0.3) is 6.43 Å². The summed E-state index contributed by atoms with van der Waals surface area (Å²) in [6.45, 7) is 2.31. The van der Waals surface area contributed by atoms with Gasteiger partial charge in [-0.1, -0.05) is 15.9 Å². The van der Waals surface area contributed by atoms with Crippen molar-refractivity contribution in [1.29, 1.82) is 0 Å². The van der Waals surface area contributed by atoms with Gasteiger partial charge in [-0.25, -0.2) is 13.2 Å². The van der Waals surface area contributed by atoms with Gasteiger partial charge in [0.2, 0.25) is 0 Å². The van der Waals surface area contributed by atoms with Crippen LogP contribution < -0.4 is 5.32 Å². The maximum Gasteiger partial charge on any atom is 0.258 e. The van der Waals surface area contributed by atoms with E-state index in [4.69, 9.17) is 0 Å². The minimum Gasteiger partial charge on any atom is -0.314 e. The lowest BCUT2D eigenvalue weighted by Gasteiger charge is -2.34. The third-order valence-electron chi connectivity index (χ3n) is 3.06. The van der Waals surface area contributed by atoms with Gasteiger partial charge in [0.05, 0.1) is 6.04 Å². The summed E-state index contributed by atoms with van der Waals surface area (Å²) >= 11 is 3.20. The zero-order valence-electron chi connectivity index (χ0n) is 10.5. The molecule has 116 valence electrons. The van der Waals surface area contributed by atoms with E-state index in [1.54, 1.807) is 4.90 Å². The second kappa shape index (κ2) is 9.10. The van der Waals surface area contributed by atoms with Crippen LogP contribution in [0.1, 0.15) is 11.6 Å². The molecule has 20 heavy (non-hydrogen) atoms. The quantitative estimate of drug-likeness (QED) is 0.840. The predicted molar refractivity (Wildman–Crippen MR) is 81.8 cm³/mol. The molecule has 2 nitrogen and oxygen atoms in total. The fourth-order valence-electron chi connectivity index (χ4n) is 2.19. The Labute approximate surface area is 137 Å². The summed E-state index contributed by atoms with van der Waals surface area (Å²) < 4.78 is 40.8. The van der Waals surface area contributed by atoms with E-state index < -0.39 is 18.3 Å². The highest BCUT2D eigenvalue weighted by atomic mass is 79.9. The minimum atomic E-state index is -2.60. The lowest BCUT2D eigenvalue weighted by molar-refractivity contribution is 0.0164. The molecule has 1 atom stereocenters. The Morgan fingerprint density at radius 3 is 2.30 bits per heavy atom. The van der Waals surface area contributed by atoms with Crippen LogP contribution in [-0.4, -0.2) is 37.5 Å². The van der Waals surface area contributed by atoms with Crippen molar-refractivity contribution in [3.8, 4) is 0 Å². The minimum absolute atomic E-state index is 0. The SMILES string of the molecule is Cl.Cl.Fc1ccc(Br)cc1[C@@H](C(F)F)N1CCNCC1. The highest BCUT2D eigenvalue weighted by molar-refractivity contribution is 9.10. The molecule has 8 heteroatoms. The van der Waals surface area contributed by atoms with E-state index in [9.17, 15) is 13.2 Å². The molecule has 0 saturated carbocycles. The first-order valence-corrected chi connectivity index (χ1v) is 6.57. The number of hydrogen-bond donors (Lipinski definition) is 1. The van der Waals surface area contributed by atoms with E-state index in [2.05, 4.69) is 21.2 Å². The highest BCUT2D eigenvalue weighted by Crippen LogP contribution is 2.31. The predicted octanol–water partition coefficient (Wildman–Crippen LogP) is 3.64. The molecule has 0 aliphatic carbocycles. The fourth-order valence-corrected chi connectivity index (χ4v) is 2.57. The van der Waals surface area contributed by atoms with Gasteiger partial charge in [0.15, 0.2) is 0 Å². The van der Waals surface area contributed by atoms with Crippen LogP contribution in [0, 0.1) is 5.82 Å². The van der Waals surface area contributed by atoms with Crippen LogP contribution in [0.4, 0.5) is 13.2 Å². The molecule has 1 aliphatic heterocycles. The van der Waals surface area contributed by atoms with Crippen molar-refractivity contribution in [2.75, 3.05) is 26.2 Å². The van der Waals surface area contributed by atoms with Crippen LogP contribution in [0.5, 0.6) is 0 Å². The second-order valence-electron chi connectivity index (χ2n) is 4.23. The van der Waals surface area contributed by atoms with Gasteiger partial charge in [-0.2, -0.15) is 0 Å². The van der Waals surface area contributed by atoms with Crippen molar-refractivity contribution in [2.45, 2.75) is 12.5 Å². The van der Waals surface area contributed by atoms with E-state index in [0.29, 0.717) is 30.7 Å². The summed E-state index contributed by atoms with van der Waals surface area (Å²) in [6, 6.07) is 2.99. The van der Waals surface area contributed by atoms with Gasteiger partial charge in [-0.3, -0.25) is 4.90 Å². The smallest absolute Gasteiger partial charge is 0.258 e. The van der Waals surface area contributed by atoms with Crippen molar-refractivity contribution in [3.63, 3.8) is 0 Å². The van der Waals surface area contributed by atoms with E-state index in [1.165, 1.54) is 18.2 Å². The monoisotopic (exact) mass is 394 g/mol. The Morgan fingerprint density at radius 1 is 1.15 bits per heavy atom. The summed E-state index contributed by atoms with van der Waals surface area (Å²) in [5.74, 6) is -0.581. The standard InChI is InChI=1S/C12H14BrF3N2.2ClH/c13-8-1-2-10(14)9(7-8)11(12(15)16)18-5-3-17-4-6-18;;/h1-2,7,11-12,17H,3-6H2;2*1H/t11-;;/m0../s1. The lowest BCUT2D eigenvalue weighted by atomic mass is 10.0. The molecular formula is C12H16BrCl2F3N2. The maximum absolute atomic E-state index is 13.7. The molecule has 1 saturated heterocycles. The molecule has 2 rings (SSSR count). The highest BCUT2D eigenvalue weighted by Gasteiger charge is 2.32. The first-order chi connectivity index (χ1) is 8.59. The van der Waals surface area contributed by atoms with Crippen LogP contribution in [-0.2, 0) is 0 Å². The molecule has 0 spiro atoms. The van der Waals surface area contributed by atoms with E-state index >= 15 is 0 Å². The van der Waals surface area contributed by atoms with Crippen molar-refractivity contribution >= 4 is 40.7 Å². The number of piperazine rings is 1. The normalized spacial score (nSPS) is 17.2. The summed E-state index contributed by atoms with van der Waals surface area (Å²) in [5, 5.41) is 3.10. The average molecular weight is 396 g/mol. The first kappa shape index (κ1) is 20.0. The van der Waals surface area contributed by atoms with Crippen LogP contribution in [0.3, 0.4) is 0 Å². The van der Waals surface area contributed by atoms with Crippen molar-refractivity contribution in [2.24, 2.45) is 0 Å². The van der Waals surface area contributed by atoms with E-state index in [-0.39, 0.29) is 30.4 Å². The Morgan fingerprint density at radius 2 is 1.75 bits per heavy atom. The molecule has 0 amide bonds. The van der Waals surface area contributed by atoms with Crippen LogP contribution in [0.2, 0.25) is 0 Å². The number of alkyl halides is 2. The van der Waals surface area contributed by atoms with Crippen molar-refractivity contribution in [3.05, 3.63) is 34.1 Å². The van der Waals surface area contributed by atoms with Gasteiger partial charge in [0.1, 0.15) is 5.82 Å². The van der Waals surface area contributed by atoms with Gasteiger partial charge >= 0.3 is 0 Å². The molecule has 0 bridgehead atoms. The number of halogens is 6. The summed E-state index contributed by atoms with van der Waals surface area (Å²) in [5.41, 5.74) is 0.0567. The molecule has 0 radical (unpaired) electrons. The molecule has 1 N–H and O–H groups in total. The van der Waals surface area contributed by atoms with E-state index in [1.807, 2.05) is 0 Å². The first-order valence-electron chi connectivity index (χ1n) is 5.77. The summed E-state index contributed by atoms with van der Waals surface area (Å²) in [4.78, 5) is 1.63. The third-order valence-corrected chi connectivity index (χ3v) is 3.55. The zero-order chi connectivity index (χ0) is 13.1. The lowest BCUT2D eigenvalue weighted by Crippen LogP contribution is -2.47. The van der Waals surface area contributed by atoms with Gasteiger partial charge in [-0.05, 0) is 18.2 Å². The number of rotatable bonds is 3. The van der Waals surface area contributed by atoms with Crippen LogP contribution >= 0.6 is 40.7 Å². The average Bonchev–Trinajstić information content (AvgIpc) is 2.35. The molecule has 1 aromatic rings. The van der Waals surface area contributed by atoms with Crippen molar-refractivity contribution < 1.29 is 13.2 Å². The Hall–Kier alpha value is -0.0100. The number of nitrogens with zero attached hydrogens (tertiary/aromatic N) is 1. The Bertz CT molecular complexity index is 418. The van der Waals surface area contributed by atoms with Gasteiger partial charge in [-0.15, -0.1) is 24.8 Å². The summed E-state index contributed by atoms with van der Waals surface area (Å²) in [7, 11) is 0. The Kier molecular flexibility index (Phi) is 9.09. The Balaban J connectivity index is 0.00000180. The third kappa shape index (κ3) is 4.77. The molecule has 1 fully saturated rings. The van der Waals surface area contributed by atoms with Crippen molar-refractivity contribution in [1.82, 2.24) is 10.2 Å². The second-order valence-corrected chi connectivity index (χ2v) is 5.15. The molecule has 0 unspecified atom stereocenters. The topological polar surface area (TPSA) is 15.3 Å². The number of nitrogens with one attached hydrogen (secondary N) is 1. The maximum atomic E-state index is 13.7.